The lowest BCUT2D eigenvalue weighted by atomic mass is 10.3. The molecule has 120 valence electrons. The number of rotatable bonds is 4. The number of thiazole rings is 1. The molecule has 0 saturated heterocycles. The number of hydrogen-bond acceptors (Lipinski definition) is 6. The molecule has 0 fully saturated rings. The van der Waals surface area contributed by atoms with Gasteiger partial charge in [0.2, 0.25) is 4.80 Å². The molecule has 23 heavy (non-hydrogen) atoms. The SMILES string of the molecule is CC(Sc1nncn1C)C(=O)N/N=c1\sc2ccccc2n1C. The number of benzene rings is 1. The summed E-state index contributed by atoms with van der Waals surface area (Å²) in [5.74, 6) is -0.171. The van der Waals surface area contributed by atoms with Crippen molar-refractivity contribution in [2.75, 3.05) is 0 Å². The molecular weight excluding hydrogens is 332 g/mol. The fourth-order valence-electron chi connectivity index (χ4n) is 1.97. The molecule has 7 nitrogen and oxygen atoms in total. The zero-order valence-electron chi connectivity index (χ0n) is 12.9. The summed E-state index contributed by atoms with van der Waals surface area (Å²) >= 11 is 2.88. The molecule has 1 atom stereocenters. The smallest absolute Gasteiger partial charge is 0.253 e. The topological polar surface area (TPSA) is 77.1 Å². The van der Waals surface area contributed by atoms with Crippen molar-refractivity contribution in [3.05, 3.63) is 35.4 Å². The van der Waals surface area contributed by atoms with Gasteiger partial charge in [-0.3, -0.25) is 4.79 Å². The van der Waals surface area contributed by atoms with E-state index in [-0.39, 0.29) is 11.2 Å². The van der Waals surface area contributed by atoms with Gasteiger partial charge in [0.1, 0.15) is 6.33 Å². The van der Waals surface area contributed by atoms with Crippen LogP contribution in [0, 0.1) is 0 Å². The molecule has 2 aromatic heterocycles. The van der Waals surface area contributed by atoms with Crippen LogP contribution in [-0.2, 0) is 18.9 Å². The van der Waals surface area contributed by atoms with Gasteiger partial charge in [-0.25, -0.2) is 5.43 Å². The van der Waals surface area contributed by atoms with E-state index < -0.39 is 0 Å². The Balaban J connectivity index is 1.74. The van der Waals surface area contributed by atoms with Crippen LogP contribution in [-0.4, -0.2) is 30.5 Å². The normalized spacial score (nSPS) is 13.4. The molecule has 0 spiro atoms. The Morgan fingerprint density at radius 3 is 2.87 bits per heavy atom. The minimum Gasteiger partial charge on any atom is -0.318 e. The quantitative estimate of drug-likeness (QED) is 0.572. The maximum absolute atomic E-state index is 12.2. The maximum Gasteiger partial charge on any atom is 0.253 e. The first kappa shape index (κ1) is 15.8. The summed E-state index contributed by atoms with van der Waals surface area (Å²) in [5.41, 5.74) is 3.72. The highest BCUT2D eigenvalue weighted by Crippen LogP contribution is 2.20. The van der Waals surface area contributed by atoms with Gasteiger partial charge in [-0.1, -0.05) is 35.2 Å². The van der Waals surface area contributed by atoms with Gasteiger partial charge >= 0.3 is 0 Å². The molecular formula is C14H16N6OS2. The molecule has 0 aliphatic heterocycles. The number of nitrogens with zero attached hydrogens (tertiary/aromatic N) is 5. The molecule has 0 saturated carbocycles. The third-order valence-electron chi connectivity index (χ3n) is 3.30. The second-order valence-corrected chi connectivity index (χ2v) is 7.30. The average molecular weight is 348 g/mol. The van der Waals surface area contributed by atoms with Crippen LogP contribution < -0.4 is 10.2 Å². The number of carbonyl (C=O) groups excluding carboxylic acids is 1. The fourth-order valence-corrected chi connectivity index (χ4v) is 3.74. The van der Waals surface area contributed by atoms with Gasteiger partial charge < -0.3 is 9.13 Å². The summed E-state index contributed by atoms with van der Waals surface area (Å²) in [7, 11) is 3.77. The monoisotopic (exact) mass is 348 g/mol. The van der Waals surface area contributed by atoms with E-state index in [9.17, 15) is 4.79 Å². The summed E-state index contributed by atoms with van der Waals surface area (Å²) in [6, 6.07) is 8.03. The Labute approximate surface area is 141 Å². The van der Waals surface area contributed by atoms with E-state index in [0.29, 0.717) is 5.16 Å². The Kier molecular flexibility index (Phi) is 4.49. The lowest BCUT2D eigenvalue weighted by molar-refractivity contribution is -0.120. The summed E-state index contributed by atoms with van der Waals surface area (Å²) < 4.78 is 4.86. The molecule has 3 aromatic rings. The zero-order chi connectivity index (χ0) is 16.4. The second-order valence-electron chi connectivity index (χ2n) is 4.98. The molecule has 9 heteroatoms. The Morgan fingerprint density at radius 1 is 1.39 bits per heavy atom. The first-order valence-electron chi connectivity index (χ1n) is 6.95. The van der Waals surface area contributed by atoms with Gasteiger partial charge in [-0.15, -0.1) is 15.3 Å². The van der Waals surface area contributed by atoms with Crippen molar-refractivity contribution in [2.24, 2.45) is 19.2 Å². The molecule has 0 radical (unpaired) electrons. The highest BCUT2D eigenvalue weighted by molar-refractivity contribution is 8.00. The van der Waals surface area contributed by atoms with Crippen LogP contribution in [0.2, 0.25) is 0 Å². The van der Waals surface area contributed by atoms with E-state index in [1.807, 2.05) is 49.9 Å². The van der Waals surface area contributed by atoms with Crippen LogP contribution in [0.1, 0.15) is 6.92 Å². The summed E-state index contributed by atoms with van der Waals surface area (Å²) in [5, 5.41) is 12.4. The number of aromatic nitrogens is 4. The number of hydrogen-bond donors (Lipinski definition) is 1. The van der Waals surface area contributed by atoms with Gasteiger partial charge in [-0.2, -0.15) is 0 Å². The number of carbonyl (C=O) groups is 1. The van der Waals surface area contributed by atoms with Crippen molar-refractivity contribution >= 4 is 39.2 Å². The minimum absolute atomic E-state index is 0.171. The van der Waals surface area contributed by atoms with E-state index >= 15 is 0 Å². The fraction of sp³-hybridized carbons (Fsp3) is 0.286. The van der Waals surface area contributed by atoms with Crippen molar-refractivity contribution in [3.63, 3.8) is 0 Å². The number of aryl methyl sites for hydroxylation is 2. The Hall–Kier alpha value is -2.13. The highest BCUT2D eigenvalue weighted by Gasteiger charge is 2.16. The van der Waals surface area contributed by atoms with Crippen molar-refractivity contribution in [2.45, 2.75) is 17.3 Å². The molecule has 3 rings (SSSR count). The summed E-state index contributed by atoms with van der Waals surface area (Å²) in [4.78, 5) is 12.9. The molecule has 0 aliphatic rings. The van der Waals surface area contributed by atoms with Crippen LogP contribution in [0.3, 0.4) is 0 Å². The van der Waals surface area contributed by atoms with E-state index in [1.165, 1.54) is 23.1 Å². The van der Waals surface area contributed by atoms with Gasteiger partial charge in [0.25, 0.3) is 5.91 Å². The third kappa shape index (κ3) is 3.30. The summed E-state index contributed by atoms with van der Waals surface area (Å²) in [6.07, 6.45) is 1.61. The number of thioether (sulfide) groups is 1. The lowest BCUT2D eigenvalue weighted by Gasteiger charge is -2.07. The van der Waals surface area contributed by atoms with E-state index in [2.05, 4.69) is 20.7 Å². The van der Waals surface area contributed by atoms with E-state index in [0.717, 1.165) is 15.0 Å². The first-order valence-corrected chi connectivity index (χ1v) is 8.64. The molecule has 1 amide bonds. The van der Waals surface area contributed by atoms with Gasteiger partial charge in [-0.05, 0) is 19.1 Å². The minimum atomic E-state index is -0.318. The zero-order valence-corrected chi connectivity index (χ0v) is 14.6. The van der Waals surface area contributed by atoms with E-state index in [1.54, 1.807) is 10.9 Å². The van der Waals surface area contributed by atoms with Crippen molar-refractivity contribution in [1.82, 2.24) is 24.8 Å². The molecule has 0 aliphatic carbocycles. The molecule has 1 N–H and O–H groups in total. The van der Waals surface area contributed by atoms with Crippen LogP contribution in [0.25, 0.3) is 10.2 Å². The highest BCUT2D eigenvalue weighted by atomic mass is 32.2. The molecule has 1 unspecified atom stereocenters. The number of fused-ring (bicyclic) bond motifs is 1. The van der Waals surface area contributed by atoms with Gasteiger partial charge in [0.05, 0.1) is 15.5 Å². The Bertz CT molecular complexity index is 909. The van der Waals surface area contributed by atoms with Crippen molar-refractivity contribution in [3.8, 4) is 0 Å². The molecule has 0 bridgehead atoms. The number of nitrogens with one attached hydrogen (secondary N) is 1. The lowest BCUT2D eigenvalue weighted by Crippen LogP contribution is -2.29. The van der Waals surface area contributed by atoms with Gasteiger partial charge in [0.15, 0.2) is 5.16 Å². The molecule has 1 aromatic carbocycles. The predicted octanol–water partition coefficient (Wildman–Crippen LogP) is 1.48. The van der Waals surface area contributed by atoms with Gasteiger partial charge in [0, 0.05) is 14.1 Å². The largest absolute Gasteiger partial charge is 0.318 e. The van der Waals surface area contributed by atoms with Crippen LogP contribution in [0.4, 0.5) is 0 Å². The maximum atomic E-state index is 12.2. The molecule has 2 heterocycles. The first-order chi connectivity index (χ1) is 11.1. The number of amides is 1. The second kappa shape index (κ2) is 6.55. The predicted molar refractivity (Wildman–Crippen MR) is 90.8 cm³/mol. The van der Waals surface area contributed by atoms with Crippen LogP contribution >= 0.6 is 23.1 Å². The Morgan fingerprint density at radius 2 is 2.17 bits per heavy atom. The standard InChI is InChI=1S/C14H16N6OS2/c1-9(22-13-17-15-8-19(13)2)12(21)16-18-14-20(3)10-6-4-5-7-11(10)23-14/h4-9H,1-3H3,(H,16,21)/b18-14-. The third-order valence-corrected chi connectivity index (χ3v) is 5.56. The van der Waals surface area contributed by atoms with Crippen LogP contribution in [0.15, 0.2) is 40.9 Å². The van der Waals surface area contributed by atoms with Crippen molar-refractivity contribution in [1.29, 1.82) is 0 Å². The van der Waals surface area contributed by atoms with Crippen LogP contribution in [0.5, 0.6) is 0 Å². The van der Waals surface area contributed by atoms with E-state index in [4.69, 9.17) is 0 Å². The summed E-state index contributed by atoms with van der Waals surface area (Å²) in [6.45, 7) is 1.81. The average Bonchev–Trinajstić information content (AvgIpc) is 3.09. The van der Waals surface area contributed by atoms with Crippen molar-refractivity contribution < 1.29 is 4.79 Å². The number of para-hydroxylation sites is 1.